The lowest BCUT2D eigenvalue weighted by Crippen LogP contribution is -2.29. The molecule has 0 saturated carbocycles. The number of nitrogens with two attached hydrogens (primary N) is 1. The third-order valence-electron chi connectivity index (χ3n) is 4.08. The predicted octanol–water partition coefficient (Wildman–Crippen LogP) is 1.89. The maximum Gasteiger partial charge on any atom is 0.242 e. The van der Waals surface area contributed by atoms with E-state index in [9.17, 15) is 13.2 Å². The van der Waals surface area contributed by atoms with Gasteiger partial charge in [-0.2, -0.15) is 0 Å². The molecular weight excluding hydrogens is 370 g/mol. The highest BCUT2D eigenvalue weighted by Crippen LogP contribution is 2.37. The van der Waals surface area contributed by atoms with Gasteiger partial charge >= 0.3 is 0 Å². The Hall–Kier alpha value is -1.87. The van der Waals surface area contributed by atoms with Crippen molar-refractivity contribution in [2.24, 2.45) is 5.73 Å². The quantitative estimate of drug-likeness (QED) is 0.698. The molecular formula is C18H21N3O3S2. The molecule has 0 aliphatic carbocycles. The smallest absolute Gasteiger partial charge is 0.242 e. The van der Waals surface area contributed by atoms with Gasteiger partial charge in [-0.05, 0) is 41.5 Å². The molecule has 2 aromatic carbocycles. The summed E-state index contributed by atoms with van der Waals surface area (Å²) in [5.41, 5.74) is 8.01. The molecule has 0 aromatic heterocycles. The fourth-order valence-corrected chi connectivity index (χ4v) is 5.12. The van der Waals surface area contributed by atoms with Crippen molar-refractivity contribution in [2.45, 2.75) is 16.6 Å². The summed E-state index contributed by atoms with van der Waals surface area (Å²) in [6.45, 7) is 0.377. The predicted molar refractivity (Wildman–Crippen MR) is 105 cm³/mol. The molecule has 1 atom stereocenters. The molecule has 0 saturated heterocycles. The molecule has 0 radical (unpaired) electrons. The highest BCUT2D eigenvalue weighted by Gasteiger charge is 2.27. The van der Waals surface area contributed by atoms with Crippen LogP contribution in [0.3, 0.4) is 0 Å². The van der Waals surface area contributed by atoms with Crippen molar-refractivity contribution in [3.05, 3.63) is 59.7 Å². The van der Waals surface area contributed by atoms with Gasteiger partial charge in [-0.15, -0.1) is 11.8 Å². The zero-order valence-corrected chi connectivity index (χ0v) is 15.8. The van der Waals surface area contributed by atoms with Crippen molar-refractivity contribution < 1.29 is 13.2 Å². The van der Waals surface area contributed by atoms with Crippen LogP contribution in [-0.4, -0.2) is 33.2 Å². The van der Waals surface area contributed by atoms with Gasteiger partial charge in [-0.25, -0.2) is 13.1 Å². The van der Waals surface area contributed by atoms with Crippen molar-refractivity contribution in [3.63, 3.8) is 0 Å². The van der Waals surface area contributed by atoms with E-state index in [2.05, 4.69) is 10.0 Å². The second-order valence-electron chi connectivity index (χ2n) is 5.90. The van der Waals surface area contributed by atoms with Crippen LogP contribution in [0.1, 0.15) is 16.4 Å². The van der Waals surface area contributed by atoms with Crippen molar-refractivity contribution >= 4 is 33.4 Å². The summed E-state index contributed by atoms with van der Waals surface area (Å²) in [5, 5.41) is 2.55. The minimum atomic E-state index is -3.64. The molecule has 1 amide bonds. The molecule has 8 heteroatoms. The molecule has 26 heavy (non-hydrogen) atoms. The number of hydrogen-bond donors (Lipinski definition) is 3. The Morgan fingerprint density at radius 3 is 2.81 bits per heavy atom. The third kappa shape index (κ3) is 4.27. The Labute approximate surface area is 157 Å². The normalized spacial score (nSPS) is 16.7. The van der Waals surface area contributed by atoms with Crippen LogP contribution < -0.4 is 15.8 Å². The van der Waals surface area contributed by atoms with Gasteiger partial charge in [0.2, 0.25) is 15.9 Å². The average Bonchev–Trinajstić information content (AvgIpc) is 2.66. The van der Waals surface area contributed by atoms with Gasteiger partial charge < -0.3 is 11.1 Å². The fourth-order valence-electron chi connectivity index (χ4n) is 2.84. The molecule has 1 aliphatic heterocycles. The SMILES string of the molecule is NCCNS(=O)(=O)c1cccc(NC(=O)C2SCCc3ccccc32)c1. The largest absolute Gasteiger partial charge is 0.329 e. The van der Waals surface area contributed by atoms with Crippen LogP contribution in [-0.2, 0) is 21.2 Å². The molecule has 0 spiro atoms. The molecule has 4 N–H and O–H groups in total. The third-order valence-corrected chi connectivity index (χ3v) is 6.78. The summed E-state index contributed by atoms with van der Waals surface area (Å²) in [5.74, 6) is 0.735. The first-order valence-corrected chi connectivity index (χ1v) is 10.8. The minimum Gasteiger partial charge on any atom is -0.329 e. The minimum absolute atomic E-state index is 0.0976. The summed E-state index contributed by atoms with van der Waals surface area (Å²) in [4.78, 5) is 12.8. The highest BCUT2D eigenvalue weighted by molar-refractivity contribution is 8.00. The molecule has 1 aliphatic rings. The second kappa shape index (κ2) is 8.22. The first-order valence-electron chi connectivity index (χ1n) is 8.31. The van der Waals surface area contributed by atoms with Gasteiger partial charge in [-0.3, -0.25) is 4.79 Å². The van der Waals surface area contributed by atoms with E-state index in [1.165, 1.54) is 17.7 Å². The number of aryl methyl sites for hydroxylation is 1. The van der Waals surface area contributed by atoms with Crippen molar-refractivity contribution in [1.82, 2.24) is 4.72 Å². The molecule has 0 bridgehead atoms. The zero-order valence-electron chi connectivity index (χ0n) is 14.1. The van der Waals surface area contributed by atoms with E-state index in [0.29, 0.717) is 5.69 Å². The molecule has 0 fully saturated rings. The maximum absolute atomic E-state index is 12.7. The number of sulfonamides is 1. The monoisotopic (exact) mass is 391 g/mol. The Balaban J connectivity index is 1.78. The zero-order chi connectivity index (χ0) is 18.6. The van der Waals surface area contributed by atoms with Crippen molar-refractivity contribution in [2.75, 3.05) is 24.2 Å². The van der Waals surface area contributed by atoms with Crippen LogP contribution in [0.2, 0.25) is 0 Å². The van der Waals surface area contributed by atoms with Crippen LogP contribution in [0.25, 0.3) is 0 Å². The van der Waals surface area contributed by atoms with E-state index in [-0.39, 0.29) is 29.1 Å². The van der Waals surface area contributed by atoms with E-state index in [4.69, 9.17) is 5.73 Å². The van der Waals surface area contributed by atoms with E-state index < -0.39 is 10.0 Å². The van der Waals surface area contributed by atoms with E-state index in [1.807, 2.05) is 24.3 Å². The Kier molecular flexibility index (Phi) is 5.98. The number of anilines is 1. The van der Waals surface area contributed by atoms with Crippen LogP contribution in [0.15, 0.2) is 53.4 Å². The maximum atomic E-state index is 12.7. The van der Waals surface area contributed by atoms with Gasteiger partial charge in [0, 0.05) is 18.8 Å². The van der Waals surface area contributed by atoms with Gasteiger partial charge in [0.1, 0.15) is 5.25 Å². The van der Waals surface area contributed by atoms with E-state index in [0.717, 1.165) is 17.7 Å². The Bertz CT molecular complexity index is 900. The summed E-state index contributed by atoms with van der Waals surface area (Å²) in [6.07, 6.45) is 0.950. The number of carbonyl (C=O) groups excluding carboxylic acids is 1. The summed E-state index contributed by atoms with van der Waals surface area (Å²) < 4.78 is 26.8. The van der Waals surface area contributed by atoms with E-state index >= 15 is 0 Å². The summed E-state index contributed by atoms with van der Waals surface area (Å²) >= 11 is 1.60. The molecule has 6 nitrogen and oxygen atoms in total. The van der Waals surface area contributed by atoms with E-state index in [1.54, 1.807) is 23.9 Å². The number of hydrogen-bond acceptors (Lipinski definition) is 5. The number of carbonyl (C=O) groups is 1. The molecule has 138 valence electrons. The van der Waals surface area contributed by atoms with Gasteiger partial charge in [0.15, 0.2) is 0 Å². The standard InChI is InChI=1S/C18H21N3O3S2/c19-9-10-20-26(23,24)15-6-3-5-14(12-15)21-18(22)17-16-7-2-1-4-13(16)8-11-25-17/h1-7,12,17,20H,8-11,19H2,(H,21,22). The molecule has 2 aromatic rings. The van der Waals surface area contributed by atoms with Crippen molar-refractivity contribution in [3.8, 4) is 0 Å². The van der Waals surface area contributed by atoms with Gasteiger partial charge in [0.25, 0.3) is 0 Å². The second-order valence-corrected chi connectivity index (χ2v) is 8.88. The summed E-state index contributed by atoms with van der Waals surface area (Å²) in [7, 11) is -3.64. The molecule has 1 unspecified atom stereocenters. The van der Waals surface area contributed by atoms with Gasteiger partial charge in [-0.1, -0.05) is 30.3 Å². The molecule has 1 heterocycles. The fraction of sp³-hybridized carbons (Fsp3) is 0.278. The summed E-state index contributed by atoms with van der Waals surface area (Å²) in [6, 6.07) is 14.2. The van der Waals surface area contributed by atoms with Crippen LogP contribution in [0.5, 0.6) is 0 Å². The number of amides is 1. The number of thioether (sulfide) groups is 1. The number of rotatable bonds is 6. The Morgan fingerprint density at radius 2 is 2.00 bits per heavy atom. The number of nitrogens with one attached hydrogen (secondary N) is 2. The van der Waals surface area contributed by atoms with Crippen LogP contribution in [0, 0.1) is 0 Å². The lowest BCUT2D eigenvalue weighted by atomic mass is 10.0. The first-order chi connectivity index (χ1) is 12.5. The Morgan fingerprint density at radius 1 is 1.19 bits per heavy atom. The lowest BCUT2D eigenvalue weighted by Gasteiger charge is -2.24. The van der Waals surface area contributed by atoms with Crippen LogP contribution >= 0.6 is 11.8 Å². The average molecular weight is 392 g/mol. The van der Waals surface area contributed by atoms with Crippen molar-refractivity contribution in [1.29, 1.82) is 0 Å². The topological polar surface area (TPSA) is 101 Å². The first kappa shape index (κ1) is 18.9. The molecule has 3 rings (SSSR count). The lowest BCUT2D eigenvalue weighted by molar-refractivity contribution is -0.115. The highest BCUT2D eigenvalue weighted by atomic mass is 32.2. The van der Waals surface area contributed by atoms with Gasteiger partial charge in [0.05, 0.1) is 4.90 Å². The number of benzene rings is 2. The van der Waals surface area contributed by atoms with Crippen LogP contribution in [0.4, 0.5) is 5.69 Å². The number of fused-ring (bicyclic) bond motifs is 1.